The lowest BCUT2D eigenvalue weighted by molar-refractivity contribution is -0.148. The lowest BCUT2D eigenvalue weighted by Crippen LogP contribution is -2.75. The molecule has 4 saturated heterocycles. The summed E-state index contributed by atoms with van der Waals surface area (Å²) in [5.74, 6) is 0.637. The molecule has 4 fully saturated rings. The number of nitrogens with zero attached hydrogens (tertiary/aromatic N) is 2. The summed E-state index contributed by atoms with van der Waals surface area (Å²) in [7, 11) is 7.89. The summed E-state index contributed by atoms with van der Waals surface area (Å²) in [4.78, 5) is 29.8. The first-order valence-electron chi connectivity index (χ1n) is 10.6. The van der Waals surface area contributed by atoms with Crippen molar-refractivity contribution < 1.29 is 19.1 Å². The number of piperazine rings is 1. The van der Waals surface area contributed by atoms with Crippen LogP contribution < -0.4 is 4.90 Å². The number of para-hydroxylation sites is 1. The molecule has 10 heteroatoms. The lowest BCUT2D eigenvalue weighted by atomic mass is 9.78. The van der Waals surface area contributed by atoms with E-state index in [1.807, 2.05) is 45.0 Å². The molecule has 5 heterocycles. The van der Waals surface area contributed by atoms with Crippen LogP contribution in [0.5, 0.6) is 0 Å². The molecule has 0 radical (unpaired) electrons. The highest BCUT2D eigenvalue weighted by molar-refractivity contribution is 8.77. The number of benzene rings is 1. The van der Waals surface area contributed by atoms with E-state index in [0.29, 0.717) is 11.5 Å². The molecule has 0 aliphatic carbocycles. The maximum Gasteiger partial charge on any atom is 0.265 e. The molecule has 174 valence electrons. The summed E-state index contributed by atoms with van der Waals surface area (Å²) < 4.78 is 12.4. The molecule has 6 nitrogen and oxygen atoms in total. The van der Waals surface area contributed by atoms with Crippen molar-refractivity contribution in [1.29, 1.82) is 0 Å². The summed E-state index contributed by atoms with van der Waals surface area (Å²) in [5, 5.41) is 0. The number of ether oxygens (including phenoxy) is 2. The molecule has 1 aromatic rings. The highest BCUT2D eigenvalue weighted by Crippen LogP contribution is 2.64. The average Bonchev–Trinajstić information content (AvgIpc) is 3.13. The number of rotatable bonds is 0. The molecule has 5 aliphatic rings. The van der Waals surface area contributed by atoms with Crippen LogP contribution in [0.4, 0.5) is 5.69 Å². The Morgan fingerprint density at radius 1 is 0.906 bits per heavy atom. The largest absolute Gasteiger partial charge is 0.344 e. The van der Waals surface area contributed by atoms with Crippen molar-refractivity contribution >= 4 is 60.7 Å². The highest BCUT2D eigenvalue weighted by Gasteiger charge is 2.71. The van der Waals surface area contributed by atoms with Gasteiger partial charge in [-0.15, -0.1) is 0 Å². The Hall–Kier alpha value is -0.520. The van der Waals surface area contributed by atoms with E-state index in [2.05, 4.69) is 13.8 Å². The third kappa shape index (κ3) is 2.99. The number of hydrogen-bond donors (Lipinski definition) is 0. The fraction of sp³-hybridized carbons (Fsp3) is 0.636. The minimum absolute atomic E-state index is 0.0348. The van der Waals surface area contributed by atoms with Gasteiger partial charge in [0.1, 0.15) is 0 Å². The molecular weight excluding hydrogens is 485 g/mol. The number of fused-ring (bicyclic) bond motifs is 6. The van der Waals surface area contributed by atoms with E-state index in [1.165, 1.54) is 21.6 Å². The molecule has 1 aromatic carbocycles. The first-order valence-corrected chi connectivity index (χ1v) is 15.3. The smallest absolute Gasteiger partial charge is 0.265 e. The second-order valence-electron chi connectivity index (χ2n) is 9.72. The van der Waals surface area contributed by atoms with Gasteiger partial charge in [0.05, 0.1) is 12.2 Å². The van der Waals surface area contributed by atoms with Crippen molar-refractivity contribution in [1.82, 2.24) is 4.90 Å². The van der Waals surface area contributed by atoms with Crippen LogP contribution in [0.1, 0.15) is 40.2 Å². The molecule has 32 heavy (non-hydrogen) atoms. The first kappa shape index (κ1) is 23.2. The standard InChI is InChI=1S/C22H28N2O4S4/c1-19(2)13-9-7-8-10-14(13)24-17(25)21(5)23(6)18(26)22(19,24)32-30-12-16-15(11-29-31-21)27-20(3,4)28-16/h7-10,15-16H,11-12H2,1-6H3/t15-,16-,21+,22-/m0/s1. The van der Waals surface area contributed by atoms with Crippen LogP contribution in [0.25, 0.3) is 0 Å². The number of hydrogen-bond acceptors (Lipinski definition) is 8. The van der Waals surface area contributed by atoms with Crippen molar-refractivity contribution in [3.63, 3.8) is 0 Å². The van der Waals surface area contributed by atoms with Gasteiger partial charge in [-0.3, -0.25) is 14.5 Å². The molecule has 1 spiro atoms. The quantitative estimate of drug-likeness (QED) is 0.471. The minimum atomic E-state index is -1.07. The zero-order valence-corrected chi connectivity index (χ0v) is 22.3. The van der Waals surface area contributed by atoms with Crippen molar-refractivity contribution in [2.45, 2.75) is 67.8 Å². The molecule has 0 saturated carbocycles. The van der Waals surface area contributed by atoms with Crippen LogP contribution >= 0.6 is 43.2 Å². The third-order valence-corrected chi connectivity index (χ3v) is 13.2. The van der Waals surface area contributed by atoms with Crippen LogP contribution in [-0.4, -0.2) is 63.0 Å². The Bertz CT molecular complexity index is 988. The van der Waals surface area contributed by atoms with Crippen molar-refractivity contribution in [3.8, 4) is 0 Å². The molecule has 0 aromatic heterocycles. The molecule has 6 rings (SSSR count). The monoisotopic (exact) mass is 512 g/mol. The van der Waals surface area contributed by atoms with Crippen LogP contribution in [0, 0.1) is 0 Å². The van der Waals surface area contributed by atoms with Gasteiger partial charge < -0.3 is 14.4 Å². The molecule has 5 aliphatic heterocycles. The summed E-state index contributed by atoms with van der Waals surface area (Å²) in [6.07, 6.45) is -0.128. The van der Waals surface area contributed by atoms with Gasteiger partial charge in [-0.25, -0.2) is 0 Å². The van der Waals surface area contributed by atoms with Gasteiger partial charge in [-0.1, -0.05) is 75.2 Å². The fourth-order valence-electron chi connectivity index (χ4n) is 5.08. The molecule has 0 unspecified atom stereocenters. The van der Waals surface area contributed by atoms with Crippen LogP contribution in [0.3, 0.4) is 0 Å². The molecule has 2 bridgehead atoms. The van der Waals surface area contributed by atoms with Gasteiger partial charge in [0.2, 0.25) is 0 Å². The van der Waals surface area contributed by atoms with Gasteiger partial charge >= 0.3 is 0 Å². The molecular formula is C22H28N2O4S4. The number of carbonyl (C=O) groups excluding carboxylic acids is 2. The number of anilines is 1. The Balaban J connectivity index is 1.64. The van der Waals surface area contributed by atoms with Gasteiger partial charge in [0.25, 0.3) is 11.8 Å². The number of likely N-dealkylation sites (N-methyl/N-ethyl adjacent to an activating group) is 1. The van der Waals surface area contributed by atoms with Gasteiger partial charge in [0, 0.05) is 29.7 Å². The Kier molecular flexibility index (Phi) is 5.44. The van der Waals surface area contributed by atoms with E-state index in [0.717, 1.165) is 11.3 Å². The highest BCUT2D eigenvalue weighted by atomic mass is 33.1. The topological polar surface area (TPSA) is 59.1 Å². The predicted octanol–water partition coefficient (Wildman–Crippen LogP) is 4.49. The lowest BCUT2D eigenvalue weighted by Gasteiger charge is -2.55. The zero-order valence-electron chi connectivity index (χ0n) is 19.0. The van der Waals surface area contributed by atoms with E-state index in [1.54, 1.807) is 38.4 Å². The maximum atomic E-state index is 14.2. The number of amides is 2. The van der Waals surface area contributed by atoms with E-state index < -0.39 is 20.9 Å². The Morgan fingerprint density at radius 3 is 2.16 bits per heavy atom. The minimum Gasteiger partial charge on any atom is -0.344 e. The Morgan fingerprint density at radius 2 is 1.50 bits per heavy atom. The van der Waals surface area contributed by atoms with E-state index >= 15 is 0 Å². The number of carbonyl (C=O) groups is 2. The first-order chi connectivity index (χ1) is 15.0. The normalized spacial score (nSPS) is 38.1. The van der Waals surface area contributed by atoms with Crippen molar-refractivity contribution in [2.24, 2.45) is 0 Å². The summed E-state index contributed by atoms with van der Waals surface area (Å²) in [5.41, 5.74) is 1.29. The van der Waals surface area contributed by atoms with Crippen molar-refractivity contribution in [2.75, 3.05) is 23.5 Å². The predicted molar refractivity (Wildman–Crippen MR) is 135 cm³/mol. The van der Waals surface area contributed by atoms with Crippen LogP contribution in [0.2, 0.25) is 0 Å². The summed E-state index contributed by atoms with van der Waals surface area (Å²) in [6.45, 7) is 9.90. The van der Waals surface area contributed by atoms with Gasteiger partial charge in [-0.05, 0) is 32.4 Å². The summed E-state index contributed by atoms with van der Waals surface area (Å²) >= 11 is 0. The third-order valence-electron chi connectivity index (χ3n) is 6.97. The summed E-state index contributed by atoms with van der Waals surface area (Å²) in [6, 6.07) is 7.94. The van der Waals surface area contributed by atoms with E-state index in [-0.39, 0.29) is 24.0 Å². The fourth-order valence-corrected chi connectivity index (χ4v) is 11.6. The van der Waals surface area contributed by atoms with Gasteiger partial charge in [-0.2, -0.15) is 0 Å². The van der Waals surface area contributed by atoms with Crippen LogP contribution in [0.15, 0.2) is 24.3 Å². The second kappa shape index (κ2) is 7.49. The van der Waals surface area contributed by atoms with Crippen molar-refractivity contribution in [3.05, 3.63) is 29.8 Å². The zero-order chi connectivity index (χ0) is 23.1. The average molecular weight is 513 g/mol. The van der Waals surface area contributed by atoms with E-state index in [4.69, 9.17) is 9.47 Å². The maximum absolute atomic E-state index is 14.2. The molecule has 2 amide bonds. The second-order valence-corrected chi connectivity index (χ2v) is 15.0. The SMILES string of the molecule is CN1C(=O)[C@@]23SSC[C@@H]4OC(C)(C)O[C@H]4CSS[C@]1(C)C(=O)N2c1ccccc1C3(C)C. The van der Waals surface area contributed by atoms with E-state index in [9.17, 15) is 9.59 Å². The molecule has 4 atom stereocenters. The van der Waals surface area contributed by atoms with Crippen LogP contribution in [-0.2, 0) is 24.5 Å². The van der Waals surface area contributed by atoms with Gasteiger partial charge in [0.15, 0.2) is 15.5 Å². The Labute approximate surface area is 205 Å². The molecule has 0 N–H and O–H groups in total.